The Hall–Kier alpha value is -3.53. The summed E-state index contributed by atoms with van der Waals surface area (Å²) in [4.78, 5) is 28.9. The van der Waals surface area contributed by atoms with Gasteiger partial charge >= 0.3 is 0 Å². The number of hydrogen-bond acceptors (Lipinski definition) is 8. The summed E-state index contributed by atoms with van der Waals surface area (Å²) in [5.74, 6) is 1.17. The number of rotatable bonds is 5. The third kappa shape index (κ3) is 3.45. The number of hydrogen-bond donors (Lipinski definition) is 3. The fourth-order valence-electron chi connectivity index (χ4n) is 3.51. The number of aliphatic imine (C=N–C) groups is 1. The van der Waals surface area contributed by atoms with Gasteiger partial charge in [0, 0.05) is 22.5 Å². The smallest absolute Gasteiger partial charge is 0.286 e. The highest BCUT2D eigenvalue weighted by molar-refractivity contribution is 7.09. The van der Waals surface area contributed by atoms with Crippen LogP contribution in [0.5, 0.6) is 0 Å². The summed E-state index contributed by atoms with van der Waals surface area (Å²) in [6, 6.07) is 7.91. The van der Waals surface area contributed by atoms with Gasteiger partial charge in [-0.3, -0.25) is 9.79 Å². The molecule has 0 saturated heterocycles. The number of thiazole rings is 1. The van der Waals surface area contributed by atoms with E-state index in [0.29, 0.717) is 24.1 Å². The maximum Gasteiger partial charge on any atom is 0.286 e. The molecule has 1 amide bonds. The molecule has 0 fully saturated rings. The molecule has 0 saturated carbocycles. The van der Waals surface area contributed by atoms with E-state index in [1.165, 1.54) is 11.3 Å². The number of H-pyrrole nitrogens is 1. The van der Waals surface area contributed by atoms with Gasteiger partial charge in [0.25, 0.3) is 11.8 Å². The van der Waals surface area contributed by atoms with Crippen LogP contribution in [0, 0.1) is 6.92 Å². The maximum absolute atomic E-state index is 12.5. The first-order chi connectivity index (χ1) is 14.6. The second kappa shape index (κ2) is 7.38. The summed E-state index contributed by atoms with van der Waals surface area (Å²) in [6.07, 6.45) is 1.72. The molecule has 1 aliphatic rings. The quantitative estimate of drug-likeness (QED) is 0.456. The highest BCUT2D eigenvalue weighted by Gasteiger charge is 2.30. The number of fused-ring (bicyclic) bond motifs is 1. The number of aromatic nitrogens is 4. The molecular formula is C20H19N7O2S. The van der Waals surface area contributed by atoms with Crippen LogP contribution in [0.4, 0.5) is 0 Å². The topological polar surface area (TPSA) is 121 Å². The lowest BCUT2D eigenvalue weighted by Gasteiger charge is -2.14. The molecule has 3 N–H and O–H groups in total. The van der Waals surface area contributed by atoms with E-state index in [9.17, 15) is 4.79 Å². The lowest BCUT2D eigenvalue weighted by molar-refractivity contribution is -0.115. The molecule has 1 aromatic carbocycles. The van der Waals surface area contributed by atoms with Gasteiger partial charge in [-0.2, -0.15) is 4.98 Å². The van der Waals surface area contributed by atoms with Crippen molar-refractivity contribution in [2.75, 3.05) is 0 Å². The Morgan fingerprint density at radius 1 is 1.33 bits per heavy atom. The van der Waals surface area contributed by atoms with E-state index in [1.807, 2.05) is 30.5 Å². The normalized spacial score (nSPS) is 18.4. The van der Waals surface area contributed by atoms with Crippen molar-refractivity contribution in [1.29, 1.82) is 0 Å². The van der Waals surface area contributed by atoms with E-state index in [0.717, 1.165) is 27.2 Å². The summed E-state index contributed by atoms with van der Waals surface area (Å²) in [5.41, 5.74) is 2.76. The molecule has 0 aliphatic carbocycles. The molecule has 10 heteroatoms. The van der Waals surface area contributed by atoms with Gasteiger partial charge in [0.2, 0.25) is 0 Å². The third-order valence-corrected chi connectivity index (χ3v) is 5.73. The van der Waals surface area contributed by atoms with Crippen molar-refractivity contribution in [1.82, 2.24) is 30.7 Å². The minimum absolute atomic E-state index is 0.0000602. The molecule has 3 aromatic heterocycles. The van der Waals surface area contributed by atoms with E-state index in [1.54, 1.807) is 13.1 Å². The second-order valence-electron chi connectivity index (χ2n) is 7.14. The van der Waals surface area contributed by atoms with Gasteiger partial charge < -0.3 is 20.1 Å². The zero-order chi connectivity index (χ0) is 20.7. The summed E-state index contributed by atoms with van der Waals surface area (Å²) >= 11 is 1.50. The number of nitrogens with zero attached hydrogens (tertiary/aromatic N) is 4. The minimum Gasteiger partial charge on any atom is -0.361 e. The van der Waals surface area contributed by atoms with Crippen LogP contribution in [-0.4, -0.2) is 37.9 Å². The van der Waals surface area contributed by atoms with Crippen LogP contribution in [0.15, 0.2) is 45.4 Å². The molecule has 0 spiro atoms. The van der Waals surface area contributed by atoms with Crippen LogP contribution in [0.25, 0.3) is 22.5 Å². The molecule has 30 heavy (non-hydrogen) atoms. The number of benzene rings is 1. The predicted octanol–water partition coefficient (Wildman–Crippen LogP) is 2.73. The van der Waals surface area contributed by atoms with E-state index >= 15 is 0 Å². The van der Waals surface area contributed by atoms with Crippen molar-refractivity contribution < 1.29 is 9.32 Å². The summed E-state index contributed by atoms with van der Waals surface area (Å²) in [5, 5.41) is 13.6. The van der Waals surface area contributed by atoms with Crippen molar-refractivity contribution in [3.8, 4) is 11.6 Å². The molecule has 5 rings (SSSR count). The number of carbonyl (C=O) groups excluding carboxylic acids is 1. The molecule has 9 nitrogen and oxygen atoms in total. The molecule has 4 heterocycles. The van der Waals surface area contributed by atoms with Crippen LogP contribution in [0.1, 0.15) is 29.4 Å². The Morgan fingerprint density at radius 2 is 2.23 bits per heavy atom. The predicted molar refractivity (Wildman–Crippen MR) is 113 cm³/mol. The number of aromatic amines is 1. The standard InChI is InChI=1S/C20H19N7O2S/c1-10-17(26-18(23-10)19(28)22-9-16-21-5-6-30-16)12-3-4-14-13(7-12)8-15(25-14)20-24-11(2)27-29-20/h3-8,10,17,25H,9H2,1-2H3,(H,22,28)(H,23,26). The number of amides is 1. The largest absolute Gasteiger partial charge is 0.361 e. The van der Waals surface area contributed by atoms with E-state index < -0.39 is 0 Å². The van der Waals surface area contributed by atoms with Crippen LogP contribution in [0.2, 0.25) is 0 Å². The van der Waals surface area contributed by atoms with Crippen LogP contribution < -0.4 is 10.6 Å². The molecule has 2 atom stereocenters. The van der Waals surface area contributed by atoms with Gasteiger partial charge in [0.15, 0.2) is 11.7 Å². The molecule has 0 radical (unpaired) electrons. The molecule has 0 bridgehead atoms. The summed E-state index contributed by atoms with van der Waals surface area (Å²) in [7, 11) is 0. The zero-order valence-corrected chi connectivity index (χ0v) is 17.2. The molecule has 4 aromatic rings. The third-order valence-electron chi connectivity index (χ3n) is 4.95. The average molecular weight is 421 g/mol. The number of aryl methyl sites for hydroxylation is 1. The first-order valence-corrected chi connectivity index (χ1v) is 10.4. The Bertz CT molecular complexity index is 1240. The molecule has 152 valence electrons. The number of carbonyl (C=O) groups is 1. The Labute approximate surface area is 175 Å². The zero-order valence-electron chi connectivity index (χ0n) is 16.3. The molecule has 2 unspecified atom stereocenters. The van der Waals surface area contributed by atoms with Gasteiger partial charge in [0.05, 0.1) is 18.6 Å². The highest BCUT2D eigenvalue weighted by Crippen LogP contribution is 2.30. The van der Waals surface area contributed by atoms with Gasteiger partial charge in [0.1, 0.15) is 10.7 Å². The Kier molecular flexibility index (Phi) is 4.55. The molecule has 1 aliphatic heterocycles. The summed E-state index contributed by atoms with van der Waals surface area (Å²) in [6.45, 7) is 4.19. The number of nitrogens with one attached hydrogen (secondary N) is 3. The Balaban J connectivity index is 1.36. The van der Waals surface area contributed by atoms with E-state index in [2.05, 4.69) is 41.8 Å². The second-order valence-corrected chi connectivity index (χ2v) is 8.12. The number of amidine groups is 1. The first kappa shape index (κ1) is 18.5. The van der Waals surface area contributed by atoms with Gasteiger partial charge in [-0.05, 0) is 37.6 Å². The lowest BCUT2D eigenvalue weighted by Crippen LogP contribution is -2.40. The van der Waals surface area contributed by atoms with Crippen molar-refractivity contribution in [2.45, 2.75) is 32.5 Å². The van der Waals surface area contributed by atoms with Crippen molar-refractivity contribution in [2.24, 2.45) is 4.99 Å². The minimum atomic E-state index is -0.226. The van der Waals surface area contributed by atoms with E-state index in [-0.39, 0.29) is 18.0 Å². The van der Waals surface area contributed by atoms with Crippen molar-refractivity contribution in [3.63, 3.8) is 0 Å². The van der Waals surface area contributed by atoms with Gasteiger partial charge in [-0.25, -0.2) is 4.98 Å². The van der Waals surface area contributed by atoms with Crippen LogP contribution in [0.3, 0.4) is 0 Å². The van der Waals surface area contributed by atoms with Crippen molar-refractivity contribution in [3.05, 3.63) is 52.2 Å². The highest BCUT2D eigenvalue weighted by atomic mass is 32.1. The van der Waals surface area contributed by atoms with Crippen LogP contribution in [-0.2, 0) is 11.3 Å². The van der Waals surface area contributed by atoms with Gasteiger partial charge in [-0.15, -0.1) is 11.3 Å². The fraction of sp³-hybridized carbons (Fsp3) is 0.250. The van der Waals surface area contributed by atoms with Gasteiger partial charge in [-0.1, -0.05) is 11.2 Å². The fourth-order valence-corrected chi connectivity index (χ4v) is 4.06. The first-order valence-electron chi connectivity index (χ1n) is 9.51. The monoisotopic (exact) mass is 421 g/mol. The van der Waals surface area contributed by atoms with Crippen molar-refractivity contribution >= 4 is 34.0 Å². The van der Waals surface area contributed by atoms with Crippen LogP contribution >= 0.6 is 11.3 Å². The van der Waals surface area contributed by atoms with E-state index in [4.69, 9.17) is 4.52 Å². The average Bonchev–Trinajstić information content (AvgIpc) is 3.51. The summed E-state index contributed by atoms with van der Waals surface area (Å²) < 4.78 is 5.24. The SMILES string of the molecule is Cc1noc(-c2cc3cc(C4N=C(C(=O)NCc5nccs5)NC4C)ccc3[nH]2)n1. The maximum atomic E-state index is 12.5. The lowest BCUT2D eigenvalue weighted by atomic mass is 10.0. The molecular weight excluding hydrogens is 402 g/mol. The Morgan fingerprint density at radius 3 is 3.00 bits per heavy atom.